The molecule has 11 heavy (non-hydrogen) atoms. The second kappa shape index (κ2) is 7.51. The van der Waals surface area contributed by atoms with Crippen LogP contribution in [0.5, 0.6) is 0 Å². The van der Waals surface area contributed by atoms with Gasteiger partial charge >= 0.3 is 21.1 Å². The third-order valence-electron chi connectivity index (χ3n) is 0. The number of hydrogen-bond donors (Lipinski definition) is 0. The van der Waals surface area contributed by atoms with Crippen molar-refractivity contribution in [2.24, 2.45) is 0 Å². The van der Waals surface area contributed by atoms with Crippen LogP contribution in [0.15, 0.2) is 0 Å². The van der Waals surface area contributed by atoms with Gasteiger partial charge in [0.2, 0.25) is 0 Å². The van der Waals surface area contributed by atoms with Crippen LogP contribution in [0, 0.1) is 0 Å². The van der Waals surface area contributed by atoms with Crippen LogP contribution in [0.25, 0.3) is 0 Å². The summed E-state index contributed by atoms with van der Waals surface area (Å²) in [4.78, 5) is 0. The molecule has 0 aliphatic heterocycles. The summed E-state index contributed by atoms with van der Waals surface area (Å²) in [6, 6.07) is 0. The Morgan fingerprint density at radius 2 is 0.636 bits per heavy atom. The third-order valence-corrected chi connectivity index (χ3v) is 0. The zero-order valence-electron chi connectivity index (χ0n) is 4.49. The van der Waals surface area contributed by atoms with Crippen LogP contribution < -0.4 is 0 Å². The van der Waals surface area contributed by atoms with E-state index in [1.54, 1.807) is 0 Å². The molecule has 0 aromatic heterocycles. The Morgan fingerprint density at radius 1 is 0.636 bits per heavy atom. The maximum absolute atomic E-state index is 9.26. The van der Waals surface area contributed by atoms with Gasteiger partial charge in [-0.1, -0.05) is 44.8 Å². The zero-order valence-corrected chi connectivity index (χ0v) is 11.4. The largest absolute Gasteiger partial charge is 4.00 e. The molecule has 0 amide bonds. The topological polar surface area (TPSA) is 92.2 Å². The van der Waals surface area contributed by atoms with E-state index in [0.29, 0.717) is 0 Å². The van der Waals surface area contributed by atoms with Crippen molar-refractivity contribution in [3.63, 3.8) is 0 Å². The summed E-state index contributed by atoms with van der Waals surface area (Å²) in [7, 11) is -7.00. The van der Waals surface area contributed by atoms with Crippen LogP contribution in [0.1, 0.15) is 0 Å². The molecule has 0 unspecified atom stereocenters. The molecule has 0 aliphatic carbocycles. The van der Waals surface area contributed by atoms with Crippen molar-refractivity contribution in [3.05, 3.63) is 0 Å². The quantitative estimate of drug-likeness (QED) is 0.494. The molecule has 0 aromatic rings. The van der Waals surface area contributed by atoms with Gasteiger partial charge in [0.05, 0.1) is 0 Å². The molecule has 0 heterocycles. The van der Waals surface area contributed by atoms with Gasteiger partial charge in [-0.05, 0) is 0 Å². The van der Waals surface area contributed by atoms with Crippen molar-refractivity contribution in [2.45, 2.75) is 0 Å². The van der Waals surface area contributed by atoms with Gasteiger partial charge in [-0.25, -0.2) is 15.4 Å². The molecule has 0 saturated carbocycles. The van der Waals surface area contributed by atoms with Gasteiger partial charge in [0, 0.05) is 0 Å². The fourth-order valence-electron chi connectivity index (χ4n) is 0. The minimum atomic E-state index is -3.50. The molecule has 0 N–H and O–H groups in total. The first-order valence-electron chi connectivity index (χ1n) is 1.33. The second-order valence-electron chi connectivity index (χ2n) is 0.816. The maximum atomic E-state index is 9.26. The fourth-order valence-corrected chi connectivity index (χ4v) is 0. The Hall–Kier alpha value is 2.11. The van der Waals surface area contributed by atoms with Gasteiger partial charge in [0.15, 0.2) is 0 Å². The summed E-state index contributed by atoms with van der Waals surface area (Å²) >= 11 is 14.5. The van der Waals surface area contributed by atoms with Crippen molar-refractivity contribution < 1.29 is 39.3 Å². The molecular formula is MoO4S6. The average molecular weight is 352 g/mol. The van der Waals surface area contributed by atoms with Crippen LogP contribution in [0.2, 0.25) is 0 Å². The molecular weight excluding hydrogens is 352 g/mol. The fraction of sp³-hybridized carbons (Fsp3) is 0. The maximum Gasteiger partial charge on any atom is 4.00 e. The Morgan fingerprint density at radius 3 is 0.636 bits per heavy atom. The van der Waals surface area contributed by atoms with Gasteiger partial charge in [0.25, 0.3) is 0 Å². The van der Waals surface area contributed by atoms with Gasteiger partial charge in [-0.15, -0.1) is 0 Å². The first-order valence-corrected chi connectivity index (χ1v) is 8.00. The smallest absolute Gasteiger partial charge is 0.801 e. The van der Waals surface area contributed by atoms with Crippen LogP contribution in [0.3, 0.4) is 0 Å². The second-order valence-corrected chi connectivity index (χ2v) is 8.98. The van der Waals surface area contributed by atoms with E-state index >= 15 is 0 Å². The third kappa shape index (κ3) is 278. The van der Waals surface area contributed by atoms with E-state index in [4.69, 9.17) is 0 Å². The zero-order chi connectivity index (χ0) is 9.00. The molecule has 0 atom stereocenters. The van der Waals surface area contributed by atoms with Crippen LogP contribution >= 0.6 is 0 Å². The monoisotopic (exact) mass is 354 g/mol. The van der Waals surface area contributed by atoms with Crippen molar-refractivity contribution >= 4 is 60.2 Å². The van der Waals surface area contributed by atoms with Gasteiger partial charge in [-0.3, -0.25) is 0 Å². The van der Waals surface area contributed by atoms with Gasteiger partial charge < -0.3 is 18.2 Å². The summed E-state index contributed by atoms with van der Waals surface area (Å²) in [6.07, 6.45) is 0. The van der Waals surface area contributed by atoms with E-state index < -0.39 is 15.4 Å². The predicted octanol–water partition coefficient (Wildman–Crippen LogP) is -1.35. The predicted molar refractivity (Wildman–Crippen MR) is 47.3 cm³/mol. The molecule has 0 radical (unpaired) electrons. The molecule has 0 rings (SSSR count). The molecule has 4 nitrogen and oxygen atoms in total. The molecule has 0 aromatic carbocycles. The minimum Gasteiger partial charge on any atom is -0.801 e. The molecule has 0 spiro atoms. The summed E-state index contributed by atoms with van der Waals surface area (Å²) in [5, 5.41) is 0. The van der Waals surface area contributed by atoms with Crippen LogP contribution in [0.4, 0.5) is 0 Å². The van der Waals surface area contributed by atoms with Gasteiger partial charge in [-0.2, -0.15) is 0 Å². The Bertz CT molecular complexity index is 211. The average Bonchev–Trinajstić information content (AvgIpc) is 1.12. The Kier molecular flexibility index (Phi) is 12.8. The van der Waals surface area contributed by atoms with Crippen molar-refractivity contribution in [3.8, 4) is 0 Å². The van der Waals surface area contributed by atoms with Gasteiger partial charge in [0.1, 0.15) is 0 Å². The van der Waals surface area contributed by atoms with Crippen LogP contribution in [-0.4, -0.2) is 18.2 Å². The summed E-state index contributed by atoms with van der Waals surface area (Å²) in [5.41, 5.74) is 0. The van der Waals surface area contributed by atoms with E-state index in [2.05, 4.69) is 44.8 Å². The number of hydrogen-bond acceptors (Lipinski definition) is 8. The van der Waals surface area contributed by atoms with Crippen LogP contribution in [-0.2, 0) is 81.2 Å². The first kappa shape index (κ1) is 18.8. The molecule has 66 valence electrons. The van der Waals surface area contributed by atoms with E-state index in [0.717, 1.165) is 0 Å². The Labute approximate surface area is 98.3 Å². The minimum absolute atomic E-state index is 0. The van der Waals surface area contributed by atoms with Crippen molar-refractivity contribution in [1.29, 1.82) is 0 Å². The molecule has 11 heteroatoms. The number of rotatable bonds is 0. The van der Waals surface area contributed by atoms with E-state index in [1.165, 1.54) is 0 Å². The molecule has 0 saturated heterocycles. The normalized spacial score (nSPS) is 10.5. The van der Waals surface area contributed by atoms with E-state index in [9.17, 15) is 18.2 Å². The summed E-state index contributed by atoms with van der Waals surface area (Å²) in [6.45, 7) is 0. The Balaban J connectivity index is -0.000000107. The van der Waals surface area contributed by atoms with Crippen molar-refractivity contribution in [2.75, 3.05) is 0 Å². The van der Waals surface area contributed by atoms with Crippen molar-refractivity contribution in [1.82, 2.24) is 0 Å². The first-order chi connectivity index (χ1) is 4.00. The SMILES string of the molecule is [Mo+4].[O-]S([O-])(=S)=S.[O-]S([O-])(=S)=S. The van der Waals surface area contributed by atoms with E-state index in [1.807, 2.05) is 0 Å². The van der Waals surface area contributed by atoms with E-state index in [-0.39, 0.29) is 21.1 Å². The molecule has 0 fully saturated rings. The molecule has 0 bridgehead atoms. The molecule has 0 aliphatic rings. The summed E-state index contributed by atoms with van der Waals surface area (Å²) in [5.74, 6) is 0. The summed E-state index contributed by atoms with van der Waals surface area (Å²) < 4.78 is 37.0. The standard InChI is InChI=1S/Mo.2H2O2S3/c;2*1-5(2,3)4/h;2*(H2,1,2,3,4)/q+4;;/p-4.